The van der Waals surface area contributed by atoms with Crippen LogP contribution in [0.15, 0.2) is 54.6 Å². The predicted molar refractivity (Wildman–Crippen MR) is 112 cm³/mol. The first-order valence-corrected chi connectivity index (χ1v) is 10.2. The topological polar surface area (TPSA) is 87.2 Å². The molecule has 0 radical (unpaired) electrons. The number of nitrogens with zero attached hydrogens (tertiary/aromatic N) is 3. The maximum atomic E-state index is 13.0. The third kappa shape index (κ3) is 4.01. The van der Waals surface area contributed by atoms with Gasteiger partial charge in [0.05, 0.1) is 11.1 Å². The number of hydrogen-bond acceptors (Lipinski definition) is 5. The number of benzene rings is 2. The minimum Gasteiger partial charge on any atom is -0.484 e. The van der Waals surface area contributed by atoms with Crippen molar-refractivity contribution in [1.82, 2.24) is 14.7 Å². The molecule has 0 saturated carbocycles. The van der Waals surface area contributed by atoms with Crippen LogP contribution in [0.1, 0.15) is 27.6 Å². The summed E-state index contributed by atoms with van der Waals surface area (Å²) in [5.74, 6) is -0.729. The number of piperazine rings is 1. The van der Waals surface area contributed by atoms with Crippen LogP contribution in [0.3, 0.4) is 0 Å². The Kier molecular flexibility index (Phi) is 5.70. The van der Waals surface area contributed by atoms with Gasteiger partial charge in [-0.2, -0.15) is 0 Å². The van der Waals surface area contributed by atoms with Crippen LogP contribution in [0, 0.1) is 0 Å². The van der Waals surface area contributed by atoms with E-state index >= 15 is 0 Å². The predicted octanol–water partition coefficient (Wildman–Crippen LogP) is 1.42. The lowest BCUT2D eigenvalue weighted by Crippen LogP contribution is -2.56. The van der Waals surface area contributed by atoms with Gasteiger partial charge in [0.1, 0.15) is 11.8 Å². The fourth-order valence-electron chi connectivity index (χ4n) is 3.86. The molecule has 1 atom stereocenters. The highest BCUT2D eigenvalue weighted by Gasteiger charge is 2.42. The van der Waals surface area contributed by atoms with Crippen LogP contribution in [0.2, 0.25) is 0 Å². The molecule has 2 aromatic rings. The summed E-state index contributed by atoms with van der Waals surface area (Å²) in [5.41, 5.74) is 0.641. The van der Waals surface area contributed by atoms with E-state index < -0.39 is 17.9 Å². The average molecular weight is 421 g/mol. The number of hydrogen-bond donors (Lipinski definition) is 0. The molecule has 0 aliphatic carbocycles. The van der Waals surface area contributed by atoms with Crippen LogP contribution in [0.5, 0.6) is 5.75 Å². The molecule has 1 fully saturated rings. The molecule has 4 amide bonds. The molecular formula is C23H23N3O5. The highest BCUT2D eigenvalue weighted by Crippen LogP contribution is 2.25. The van der Waals surface area contributed by atoms with Gasteiger partial charge in [0.2, 0.25) is 5.91 Å². The third-order valence-corrected chi connectivity index (χ3v) is 5.62. The van der Waals surface area contributed by atoms with Gasteiger partial charge in [0.15, 0.2) is 6.61 Å². The van der Waals surface area contributed by atoms with Crippen LogP contribution in [0.25, 0.3) is 0 Å². The van der Waals surface area contributed by atoms with Gasteiger partial charge in [-0.25, -0.2) is 0 Å². The molecule has 8 nitrogen and oxygen atoms in total. The Bertz CT molecular complexity index is 980. The maximum absolute atomic E-state index is 13.0. The van der Waals surface area contributed by atoms with Gasteiger partial charge >= 0.3 is 0 Å². The summed E-state index contributed by atoms with van der Waals surface area (Å²) < 4.78 is 5.50. The molecule has 160 valence electrons. The van der Waals surface area contributed by atoms with Crippen LogP contribution < -0.4 is 4.74 Å². The molecule has 0 spiro atoms. The van der Waals surface area contributed by atoms with Gasteiger partial charge in [-0.3, -0.25) is 24.1 Å². The van der Waals surface area contributed by atoms with E-state index in [0.717, 1.165) is 4.90 Å². The Morgan fingerprint density at radius 1 is 0.839 bits per heavy atom. The molecule has 2 aromatic carbocycles. The largest absolute Gasteiger partial charge is 0.484 e. The fraction of sp³-hybridized carbons (Fsp3) is 0.304. The van der Waals surface area contributed by atoms with E-state index in [1.165, 1.54) is 0 Å². The SMILES string of the molecule is CC(C(=O)N1CCN(C(=O)COc2ccccc2)CC1)N1C(=O)c2ccccc2C1=O. The van der Waals surface area contributed by atoms with Crippen molar-refractivity contribution in [2.24, 2.45) is 0 Å². The molecule has 0 N–H and O–H groups in total. The Morgan fingerprint density at radius 3 is 1.94 bits per heavy atom. The number of amides is 4. The van der Waals surface area contributed by atoms with Crippen molar-refractivity contribution in [1.29, 1.82) is 0 Å². The second-order valence-electron chi connectivity index (χ2n) is 7.51. The Morgan fingerprint density at radius 2 is 1.35 bits per heavy atom. The first-order chi connectivity index (χ1) is 15.0. The molecular weight excluding hydrogens is 398 g/mol. The molecule has 1 saturated heterocycles. The van der Waals surface area contributed by atoms with E-state index in [0.29, 0.717) is 43.1 Å². The molecule has 2 heterocycles. The molecule has 31 heavy (non-hydrogen) atoms. The first kappa shape index (κ1) is 20.6. The lowest BCUT2D eigenvalue weighted by atomic mass is 10.1. The number of imide groups is 1. The summed E-state index contributed by atoms with van der Waals surface area (Å²) in [6.45, 7) is 2.92. The quantitative estimate of drug-likeness (QED) is 0.682. The van der Waals surface area contributed by atoms with Crippen LogP contribution in [0.4, 0.5) is 0 Å². The Labute approximate surface area is 180 Å². The summed E-state index contributed by atoms with van der Waals surface area (Å²) in [5, 5.41) is 0. The van der Waals surface area contributed by atoms with Crippen molar-refractivity contribution in [3.05, 3.63) is 65.7 Å². The highest BCUT2D eigenvalue weighted by molar-refractivity contribution is 6.22. The van der Waals surface area contributed by atoms with E-state index in [-0.39, 0.29) is 18.4 Å². The van der Waals surface area contributed by atoms with Crippen LogP contribution in [-0.2, 0) is 9.59 Å². The van der Waals surface area contributed by atoms with E-state index in [4.69, 9.17) is 4.74 Å². The van der Waals surface area contributed by atoms with Gasteiger partial charge in [0.25, 0.3) is 17.7 Å². The number of para-hydroxylation sites is 1. The van der Waals surface area contributed by atoms with Gasteiger partial charge < -0.3 is 14.5 Å². The van der Waals surface area contributed by atoms with Gasteiger partial charge in [-0.15, -0.1) is 0 Å². The number of carbonyl (C=O) groups is 4. The zero-order valence-corrected chi connectivity index (χ0v) is 17.2. The van der Waals surface area contributed by atoms with Crippen molar-refractivity contribution in [3.8, 4) is 5.75 Å². The van der Waals surface area contributed by atoms with E-state index in [2.05, 4.69) is 0 Å². The molecule has 1 unspecified atom stereocenters. The Hall–Kier alpha value is -3.68. The van der Waals surface area contributed by atoms with Crippen molar-refractivity contribution in [2.75, 3.05) is 32.8 Å². The van der Waals surface area contributed by atoms with Crippen LogP contribution >= 0.6 is 0 Å². The lowest BCUT2D eigenvalue weighted by Gasteiger charge is -2.37. The number of fused-ring (bicyclic) bond motifs is 1. The zero-order chi connectivity index (χ0) is 22.0. The first-order valence-electron chi connectivity index (χ1n) is 10.2. The second kappa shape index (κ2) is 8.59. The summed E-state index contributed by atoms with van der Waals surface area (Å²) >= 11 is 0. The van der Waals surface area contributed by atoms with E-state index in [1.807, 2.05) is 18.2 Å². The normalized spacial score (nSPS) is 16.9. The number of rotatable bonds is 5. The molecule has 2 aliphatic rings. The average Bonchev–Trinajstić information content (AvgIpc) is 3.07. The molecule has 0 aromatic heterocycles. The highest BCUT2D eigenvalue weighted by atomic mass is 16.5. The van der Waals surface area contributed by atoms with Gasteiger partial charge in [-0.05, 0) is 31.2 Å². The standard InChI is InChI=1S/C23H23N3O5/c1-16(26-22(29)18-9-5-6-10-19(18)23(26)30)21(28)25-13-11-24(12-14-25)20(27)15-31-17-7-3-2-4-8-17/h2-10,16H,11-15H2,1H3. The molecule has 2 aliphatic heterocycles. The summed E-state index contributed by atoms with van der Waals surface area (Å²) in [4.78, 5) is 54.9. The third-order valence-electron chi connectivity index (χ3n) is 5.62. The van der Waals surface area contributed by atoms with Gasteiger partial charge in [-0.1, -0.05) is 30.3 Å². The number of carbonyl (C=O) groups excluding carboxylic acids is 4. The molecule has 0 bridgehead atoms. The summed E-state index contributed by atoms with van der Waals surface area (Å²) in [6, 6.07) is 14.8. The van der Waals surface area contributed by atoms with Crippen molar-refractivity contribution in [2.45, 2.75) is 13.0 Å². The fourth-order valence-corrected chi connectivity index (χ4v) is 3.86. The Balaban J connectivity index is 1.32. The van der Waals surface area contributed by atoms with Crippen LogP contribution in [-0.4, -0.2) is 77.2 Å². The van der Waals surface area contributed by atoms with E-state index in [1.54, 1.807) is 53.1 Å². The van der Waals surface area contributed by atoms with E-state index in [9.17, 15) is 19.2 Å². The van der Waals surface area contributed by atoms with Crippen molar-refractivity contribution >= 4 is 23.6 Å². The molecule has 8 heteroatoms. The second-order valence-corrected chi connectivity index (χ2v) is 7.51. The monoisotopic (exact) mass is 421 g/mol. The summed E-state index contributed by atoms with van der Waals surface area (Å²) in [6.07, 6.45) is 0. The van der Waals surface area contributed by atoms with Crippen molar-refractivity contribution < 1.29 is 23.9 Å². The summed E-state index contributed by atoms with van der Waals surface area (Å²) in [7, 11) is 0. The van der Waals surface area contributed by atoms with Gasteiger partial charge in [0, 0.05) is 26.2 Å². The minimum absolute atomic E-state index is 0.0661. The smallest absolute Gasteiger partial charge is 0.262 e. The lowest BCUT2D eigenvalue weighted by molar-refractivity contribution is -0.142. The molecule has 4 rings (SSSR count). The van der Waals surface area contributed by atoms with Crippen molar-refractivity contribution in [3.63, 3.8) is 0 Å². The number of ether oxygens (including phenoxy) is 1. The minimum atomic E-state index is -0.906. The maximum Gasteiger partial charge on any atom is 0.262 e. The zero-order valence-electron chi connectivity index (χ0n) is 17.2.